The standard InChI is InChI=1S/C21H25N3O3S/c1-3-22-19(25)16-7-6-14(2)17(13-16)23-20(26)15-8-10-24(11-9-15)21(27)18-5-4-12-28-18/h4-7,12-13,15H,3,8-11H2,1-2H3,(H,22,25)(H,23,26). The topological polar surface area (TPSA) is 78.5 Å². The van der Waals surface area contributed by atoms with Crippen LogP contribution in [0.5, 0.6) is 0 Å². The molecular formula is C21H25N3O3S. The third-order valence-electron chi connectivity index (χ3n) is 4.98. The largest absolute Gasteiger partial charge is 0.352 e. The van der Waals surface area contributed by atoms with Crippen LogP contribution in [-0.2, 0) is 4.79 Å². The molecule has 0 aliphatic carbocycles. The van der Waals surface area contributed by atoms with E-state index in [0.29, 0.717) is 43.7 Å². The van der Waals surface area contributed by atoms with Crippen LogP contribution in [-0.4, -0.2) is 42.3 Å². The summed E-state index contributed by atoms with van der Waals surface area (Å²) in [6, 6.07) is 9.01. The van der Waals surface area contributed by atoms with Crippen molar-refractivity contribution < 1.29 is 14.4 Å². The molecule has 148 valence electrons. The van der Waals surface area contributed by atoms with Crippen molar-refractivity contribution in [3.05, 3.63) is 51.7 Å². The van der Waals surface area contributed by atoms with E-state index in [1.807, 2.05) is 42.3 Å². The summed E-state index contributed by atoms with van der Waals surface area (Å²) in [4.78, 5) is 39.7. The lowest BCUT2D eigenvalue weighted by molar-refractivity contribution is -0.121. The van der Waals surface area contributed by atoms with Crippen LogP contribution in [0.3, 0.4) is 0 Å². The van der Waals surface area contributed by atoms with Crippen molar-refractivity contribution in [2.75, 3.05) is 25.0 Å². The van der Waals surface area contributed by atoms with Crippen molar-refractivity contribution in [2.45, 2.75) is 26.7 Å². The highest BCUT2D eigenvalue weighted by Gasteiger charge is 2.28. The first-order valence-corrected chi connectivity index (χ1v) is 10.4. The van der Waals surface area contributed by atoms with E-state index < -0.39 is 0 Å². The monoisotopic (exact) mass is 399 g/mol. The van der Waals surface area contributed by atoms with Gasteiger partial charge in [-0.15, -0.1) is 11.3 Å². The van der Waals surface area contributed by atoms with E-state index in [4.69, 9.17) is 0 Å². The SMILES string of the molecule is CCNC(=O)c1ccc(C)c(NC(=O)C2CCN(C(=O)c3cccs3)CC2)c1. The molecule has 2 heterocycles. The molecule has 0 radical (unpaired) electrons. The number of aryl methyl sites for hydroxylation is 1. The minimum Gasteiger partial charge on any atom is -0.352 e. The zero-order valence-electron chi connectivity index (χ0n) is 16.2. The fourth-order valence-corrected chi connectivity index (χ4v) is 3.99. The Hall–Kier alpha value is -2.67. The molecule has 1 aromatic heterocycles. The van der Waals surface area contributed by atoms with Gasteiger partial charge in [0.2, 0.25) is 5.91 Å². The first-order chi connectivity index (χ1) is 13.5. The average Bonchev–Trinajstić information content (AvgIpc) is 3.24. The lowest BCUT2D eigenvalue weighted by Gasteiger charge is -2.31. The van der Waals surface area contributed by atoms with Crippen molar-refractivity contribution in [1.29, 1.82) is 0 Å². The van der Waals surface area contributed by atoms with Crippen molar-refractivity contribution in [1.82, 2.24) is 10.2 Å². The van der Waals surface area contributed by atoms with Crippen LogP contribution in [0, 0.1) is 12.8 Å². The molecule has 1 aliphatic rings. The molecule has 6 nitrogen and oxygen atoms in total. The fraction of sp³-hybridized carbons (Fsp3) is 0.381. The van der Waals surface area contributed by atoms with Gasteiger partial charge >= 0.3 is 0 Å². The molecule has 2 N–H and O–H groups in total. The van der Waals surface area contributed by atoms with Crippen LogP contribution in [0.1, 0.15) is 45.4 Å². The molecule has 3 rings (SSSR count). The Bertz CT molecular complexity index is 856. The van der Waals surface area contributed by atoms with Gasteiger partial charge in [0.25, 0.3) is 11.8 Å². The number of carbonyl (C=O) groups excluding carboxylic acids is 3. The zero-order chi connectivity index (χ0) is 20.1. The highest BCUT2D eigenvalue weighted by atomic mass is 32.1. The van der Waals surface area contributed by atoms with Crippen LogP contribution >= 0.6 is 11.3 Å². The molecule has 0 spiro atoms. The maximum absolute atomic E-state index is 12.7. The second kappa shape index (κ2) is 9.01. The molecule has 7 heteroatoms. The Balaban J connectivity index is 1.59. The summed E-state index contributed by atoms with van der Waals surface area (Å²) in [6.45, 7) is 5.47. The summed E-state index contributed by atoms with van der Waals surface area (Å²) in [5.74, 6) is -0.308. The first-order valence-electron chi connectivity index (χ1n) is 9.52. The molecule has 1 fully saturated rings. The lowest BCUT2D eigenvalue weighted by atomic mass is 9.95. The maximum atomic E-state index is 12.7. The van der Waals surface area contributed by atoms with Crippen LogP contribution < -0.4 is 10.6 Å². The molecule has 3 amide bonds. The highest BCUT2D eigenvalue weighted by Crippen LogP contribution is 2.24. The van der Waals surface area contributed by atoms with Crippen molar-refractivity contribution in [3.8, 4) is 0 Å². The van der Waals surface area contributed by atoms with E-state index in [1.54, 1.807) is 12.1 Å². The lowest BCUT2D eigenvalue weighted by Crippen LogP contribution is -2.41. The van der Waals surface area contributed by atoms with Gasteiger partial charge in [-0.2, -0.15) is 0 Å². The van der Waals surface area contributed by atoms with E-state index in [-0.39, 0.29) is 23.6 Å². The van der Waals surface area contributed by atoms with Gasteiger partial charge in [0.05, 0.1) is 4.88 Å². The van der Waals surface area contributed by atoms with Gasteiger partial charge in [-0.25, -0.2) is 0 Å². The Labute approximate surface area is 168 Å². The third kappa shape index (κ3) is 4.59. The number of amides is 3. The molecule has 1 saturated heterocycles. The van der Waals surface area contributed by atoms with Gasteiger partial charge in [0.1, 0.15) is 0 Å². The van der Waals surface area contributed by atoms with Crippen molar-refractivity contribution in [3.63, 3.8) is 0 Å². The van der Waals surface area contributed by atoms with Gasteiger partial charge < -0.3 is 15.5 Å². The number of nitrogens with one attached hydrogen (secondary N) is 2. The van der Waals surface area contributed by atoms with Gasteiger partial charge in [-0.1, -0.05) is 12.1 Å². The van der Waals surface area contributed by atoms with Crippen molar-refractivity contribution >= 4 is 34.7 Å². The summed E-state index contributed by atoms with van der Waals surface area (Å²) < 4.78 is 0. The number of likely N-dealkylation sites (tertiary alicyclic amines) is 1. The smallest absolute Gasteiger partial charge is 0.263 e. The van der Waals surface area contributed by atoms with Crippen LogP contribution in [0.2, 0.25) is 0 Å². The molecule has 2 aromatic rings. The minimum absolute atomic E-state index is 0.0411. The third-order valence-corrected chi connectivity index (χ3v) is 5.84. The van der Waals surface area contributed by atoms with Crippen molar-refractivity contribution in [2.24, 2.45) is 5.92 Å². The minimum atomic E-state index is -0.154. The number of anilines is 1. The fourth-order valence-electron chi connectivity index (χ4n) is 3.30. The van der Waals surface area contributed by atoms with Crippen LogP contribution in [0.25, 0.3) is 0 Å². The van der Waals surface area contributed by atoms with Gasteiger partial charge in [0, 0.05) is 36.8 Å². The van der Waals surface area contributed by atoms with E-state index >= 15 is 0 Å². The number of thiophene rings is 1. The normalized spacial score (nSPS) is 14.6. The summed E-state index contributed by atoms with van der Waals surface area (Å²) in [5, 5.41) is 7.63. The van der Waals surface area contributed by atoms with Gasteiger partial charge in [-0.05, 0) is 55.8 Å². The highest BCUT2D eigenvalue weighted by molar-refractivity contribution is 7.12. The number of rotatable bonds is 5. The quantitative estimate of drug-likeness (QED) is 0.810. The number of hydrogen-bond acceptors (Lipinski definition) is 4. The Morgan fingerprint density at radius 1 is 1.18 bits per heavy atom. The van der Waals surface area contributed by atoms with Crippen LogP contribution in [0.4, 0.5) is 5.69 Å². The molecular weight excluding hydrogens is 374 g/mol. The van der Waals surface area contributed by atoms with E-state index in [0.717, 1.165) is 10.4 Å². The zero-order valence-corrected chi connectivity index (χ0v) is 17.0. The van der Waals surface area contributed by atoms with Gasteiger partial charge in [-0.3, -0.25) is 14.4 Å². The predicted octanol–water partition coefficient (Wildman–Crippen LogP) is 3.30. The molecule has 0 saturated carbocycles. The number of nitrogens with zero attached hydrogens (tertiary/aromatic N) is 1. The Kier molecular flexibility index (Phi) is 6.46. The molecule has 0 atom stereocenters. The van der Waals surface area contributed by atoms with Crippen LogP contribution in [0.15, 0.2) is 35.7 Å². The number of piperidine rings is 1. The molecule has 28 heavy (non-hydrogen) atoms. The summed E-state index contributed by atoms with van der Waals surface area (Å²) in [7, 11) is 0. The number of hydrogen-bond donors (Lipinski definition) is 2. The Morgan fingerprint density at radius 3 is 2.57 bits per heavy atom. The predicted molar refractivity (Wildman–Crippen MR) is 111 cm³/mol. The first kappa shape index (κ1) is 20.1. The van der Waals surface area contributed by atoms with E-state index in [1.165, 1.54) is 11.3 Å². The summed E-state index contributed by atoms with van der Waals surface area (Å²) in [5.41, 5.74) is 2.09. The molecule has 1 aromatic carbocycles. The molecule has 0 unspecified atom stereocenters. The second-order valence-electron chi connectivity index (χ2n) is 6.92. The summed E-state index contributed by atoms with van der Waals surface area (Å²) in [6.07, 6.45) is 1.27. The number of benzene rings is 1. The van der Waals surface area contributed by atoms with Gasteiger partial charge in [0.15, 0.2) is 0 Å². The summed E-state index contributed by atoms with van der Waals surface area (Å²) >= 11 is 1.44. The molecule has 1 aliphatic heterocycles. The number of carbonyl (C=O) groups is 3. The molecule has 0 bridgehead atoms. The van der Waals surface area contributed by atoms with E-state index in [2.05, 4.69) is 10.6 Å². The maximum Gasteiger partial charge on any atom is 0.263 e. The second-order valence-corrected chi connectivity index (χ2v) is 7.87. The average molecular weight is 400 g/mol. The van der Waals surface area contributed by atoms with E-state index in [9.17, 15) is 14.4 Å². The Morgan fingerprint density at radius 2 is 1.93 bits per heavy atom.